The molecule has 0 aliphatic carbocycles. The van der Waals surface area contributed by atoms with Crippen LogP contribution in [0.25, 0.3) is 0 Å². The number of Topliss-reactive ketones (excluding diaryl/α,β-unsaturated/α-hetero) is 1. The highest BCUT2D eigenvalue weighted by Gasteiger charge is 2.37. The van der Waals surface area contributed by atoms with Gasteiger partial charge in [0.1, 0.15) is 5.75 Å². The molecule has 1 aromatic rings. The summed E-state index contributed by atoms with van der Waals surface area (Å²) in [6.07, 6.45) is -4.81. The number of rotatable bonds is 3. The van der Waals surface area contributed by atoms with Crippen LogP contribution in [0.4, 0.5) is 22.0 Å². The van der Waals surface area contributed by atoms with Gasteiger partial charge in [-0.3, -0.25) is 4.79 Å². The molecule has 0 spiro atoms. The minimum absolute atomic E-state index is 0.532. The first-order valence-corrected chi connectivity index (χ1v) is 4.81. The van der Waals surface area contributed by atoms with E-state index in [9.17, 15) is 26.7 Å². The van der Waals surface area contributed by atoms with Gasteiger partial charge in [0, 0.05) is 11.1 Å². The van der Waals surface area contributed by atoms with Crippen molar-refractivity contribution in [2.45, 2.75) is 26.6 Å². The molecule has 0 aromatic heterocycles. The summed E-state index contributed by atoms with van der Waals surface area (Å²) < 4.78 is 66.4. The van der Waals surface area contributed by atoms with E-state index in [0.717, 1.165) is 26.0 Å². The number of carbonyl (C=O) groups is 1. The lowest BCUT2D eigenvalue weighted by molar-refractivity contribution is -0.138. The summed E-state index contributed by atoms with van der Waals surface area (Å²) in [6, 6.07) is 1.75. The SMILES string of the molecule is CC(=O)c1ccc(OC(F)F)c(C)c1C(F)(F)F. The van der Waals surface area contributed by atoms with E-state index in [4.69, 9.17) is 0 Å². The first kappa shape index (κ1) is 14.4. The zero-order chi connectivity index (χ0) is 14.1. The van der Waals surface area contributed by atoms with Crippen molar-refractivity contribution >= 4 is 5.78 Å². The number of halogens is 5. The minimum Gasteiger partial charge on any atom is -0.435 e. The van der Waals surface area contributed by atoms with Crippen molar-refractivity contribution in [2.75, 3.05) is 0 Å². The molecule has 0 aliphatic rings. The van der Waals surface area contributed by atoms with E-state index in [1.165, 1.54) is 0 Å². The minimum atomic E-state index is -4.81. The number of carbonyl (C=O) groups excluding carboxylic acids is 1. The summed E-state index contributed by atoms with van der Waals surface area (Å²) in [5.41, 5.74) is -2.34. The summed E-state index contributed by atoms with van der Waals surface area (Å²) in [4.78, 5) is 11.1. The van der Waals surface area contributed by atoms with Crippen LogP contribution in [-0.2, 0) is 6.18 Å². The molecule has 0 saturated carbocycles. The first-order chi connectivity index (χ1) is 8.14. The summed E-state index contributed by atoms with van der Waals surface area (Å²) >= 11 is 0. The molecule has 1 rings (SSSR count). The molecule has 0 radical (unpaired) electrons. The van der Waals surface area contributed by atoms with Crippen LogP contribution in [-0.4, -0.2) is 12.4 Å². The largest absolute Gasteiger partial charge is 0.435 e. The van der Waals surface area contributed by atoms with Crippen LogP contribution >= 0.6 is 0 Å². The fourth-order valence-electron chi connectivity index (χ4n) is 1.57. The highest BCUT2D eigenvalue weighted by atomic mass is 19.4. The van der Waals surface area contributed by atoms with Gasteiger partial charge < -0.3 is 4.74 Å². The number of alkyl halides is 5. The van der Waals surface area contributed by atoms with Gasteiger partial charge in [0.05, 0.1) is 5.56 Å². The molecule has 0 fully saturated rings. The van der Waals surface area contributed by atoms with Gasteiger partial charge in [-0.05, 0) is 26.0 Å². The second kappa shape index (κ2) is 4.91. The third-order valence-corrected chi connectivity index (χ3v) is 2.29. The second-order valence-corrected chi connectivity index (χ2v) is 3.54. The summed E-state index contributed by atoms with van der Waals surface area (Å²) in [6.45, 7) is -1.28. The maximum absolute atomic E-state index is 12.8. The van der Waals surface area contributed by atoms with Crippen molar-refractivity contribution in [3.05, 3.63) is 28.8 Å². The highest BCUT2D eigenvalue weighted by molar-refractivity contribution is 5.96. The topological polar surface area (TPSA) is 26.3 Å². The van der Waals surface area contributed by atoms with Gasteiger partial charge in [-0.25, -0.2) is 0 Å². The second-order valence-electron chi connectivity index (χ2n) is 3.54. The van der Waals surface area contributed by atoms with Crippen molar-refractivity contribution in [2.24, 2.45) is 0 Å². The fourth-order valence-corrected chi connectivity index (χ4v) is 1.57. The van der Waals surface area contributed by atoms with Gasteiger partial charge in [0.15, 0.2) is 5.78 Å². The van der Waals surface area contributed by atoms with Gasteiger partial charge in [0.2, 0.25) is 0 Å². The maximum atomic E-state index is 12.8. The Labute approximate surface area is 99.4 Å². The molecular weight excluding hydrogens is 259 g/mol. The van der Waals surface area contributed by atoms with Gasteiger partial charge in [-0.2, -0.15) is 22.0 Å². The average molecular weight is 268 g/mol. The zero-order valence-electron chi connectivity index (χ0n) is 9.44. The van der Waals surface area contributed by atoms with Crippen LogP contribution in [0.3, 0.4) is 0 Å². The van der Waals surface area contributed by atoms with Crippen LogP contribution in [0.1, 0.15) is 28.4 Å². The molecule has 0 N–H and O–H groups in total. The Balaban J connectivity index is 3.45. The van der Waals surface area contributed by atoms with Gasteiger partial charge in [-0.1, -0.05) is 0 Å². The molecule has 18 heavy (non-hydrogen) atoms. The summed E-state index contributed by atoms with van der Waals surface area (Å²) in [7, 11) is 0. The Kier molecular flexibility index (Phi) is 3.93. The van der Waals surface area contributed by atoms with E-state index in [1.54, 1.807) is 0 Å². The molecule has 0 saturated heterocycles. The normalized spacial score (nSPS) is 11.8. The Hall–Kier alpha value is -1.66. The maximum Gasteiger partial charge on any atom is 0.417 e. The number of hydrogen-bond acceptors (Lipinski definition) is 2. The Morgan fingerprint density at radius 3 is 2.22 bits per heavy atom. The first-order valence-electron chi connectivity index (χ1n) is 4.81. The number of ketones is 1. The lowest BCUT2D eigenvalue weighted by atomic mass is 9.98. The molecule has 0 heterocycles. The van der Waals surface area contributed by atoms with Crippen LogP contribution < -0.4 is 4.74 Å². The van der Waals surface area contributed by atoms with E-state index in [-0.39, 0.29) is 0 Å². The van der Waals surface area contributed by atoms with Crippen LogP contribution in [0.5, 0.6) is 5.75 Å². The molecule has 0 atom stereocenters. The molecule has 1 aromatic carbocycles. The molecule has 0 unspecified atom stereocenters. The lowest BCUT2D eigenvalue weighted by Crippen LogP contribution is -2.15. The molecule has 0 aliphatic heterocycles. The van der Waals surface area contributed by atoms with E-state index < -0.39 is 41.0 Å². The quantitative estimate of drug-likeness (QED) is 0.615. The van der Waals surface area contributed by atoms with E-state index in [1.807, 2.05) is 0 Å². The van der Waals surface area contributed by atoms with Crippen LogP contribution in [0, 0.1) is 6.92 Å². The van der Waals surface area contributed by atoms with E-state index >= 15 is 0 Å². The van der Waals surface area contributed by atoms with Crippen molar-refractivity contribution in [3.63, 3.8) is 0 Å². The molecule has 100 valence electrons. The average Bonchev–Trinajstić information content (AvgIpc) is 2.17. The highest BCUT2D eigenvalue weighted by Crippen LogP contribution is 2.38. The molecular formula is C11H9F5O2. The Bertz CT molecular complexity index is 465. The van der Waals surface area contributed by atoms with E-state index in [0.29, 0.717) is 0 Å². The Morgan fingerprint density at radius 1 is 1.28 bits per heavy atom. The summed E-state index contributed by atoms with van der Waals surface area (Å²) in [5.74, 6) is -1.39. The zero-order valence-corrected chi connectivity index (χ0v) is 9.44. The molecule has 2 nitrogen and oxygen atoms in total. The van der Waals surface area contributed by atoms with Crippen molar-refractivity contribution in [1.82, 2.24) is 0 Å². The molecule has 0 bridgehead atoms. The molecule has 0 amide bonds. The van der Waals surface area contributed by atoms with Gasteiger partial charge in [0.25, 0.3) is 0 Å². The van der Waals surface area contributed by atoms with Crippen molar-refractivity contribution in [1.29, 1.82) is 0 Å². The predicted molar refractivity (Wildman–Crippen MR) is 52.8 cm³/mol. The lowest BCUT2D eigenvalue weighted by Gasteiger charge is -2.17. The van der Waals surface area contributed by atoms with Crippen LogP contribution in [0.15, 0.2) is 12.1 Å². The smallest absolute Gasteiger partial charge is 0.417 e. The fraction of sp³-hybridized carbons (Fsp3) is 0.364. The third kappa shape index (κ3) is 2.96. The summed E-state index contributed by atoms with van der Waals surface area (Å²) in [5, 5.41) is 0. The van der Waals surface area contributed by atoms with E-state index in [2.05, 4.69) is 4.74 Å². The van der Waals surface area contributed by atoms with Crippen molar-refractivity contribution in [3.8, 4) is 5.75 Å². The third-order valence-electron chi connectivity index (χ3n) is 2.29. The monoisotopic (exact) mass is 268 g/mol. The number of hydrogen-bond donors (Lipinski definition) is 0. The van der Waals surface area contributed by atoms with Gasteiger partial charge >= 0.3 is 12.8 Å². The van der Waals surface area contributed by atoms with Gasteiger partial charge in [-0.15, -0.1) is 0 Å². The Morgan fingerprint density at radius 2 is 1.83 bits per heavy atom. The number of benzene rings is 1. The van der Waals surface area contributed by atoms with Crippen molar-refractivity contribution < 1.29 is 31.5 Å². The standard InChI is InChI=1S/C11H9F5O2/c1-5-8(18-10(12)13)4-3-7(6(2)17)9(5)11(14,15)16/h3-4,10H,1-2H3. The molecule has 7 heteroatoms. The predicted octanol–water partition coefficient (Wildman–Crippen LogP) is 3.82. The van der Waals surface area contributed by atoms with Crippen LogP contribution in [0.2, 0.25) is 0 Å². The number of ether oxygens (including phenoxy) is 1.